The van der Waals surface area contributed by atoms with Crippen LogP contribution in [0, 0.1) is 0 Å². The third-order valence-corrected chi connectivity index (χ3v) is 3.46. The normalized spacial score (nSPS) is 22.5. The van der Waals surface area contributed by atoms with Crippen LogP contribution in [0.2, 0.25) is 0 Å². The summed E-state index contributed by atoms with van der Waals surface area (Å²) in [4.78, 5) is 2.59. The van der Waals surface area contributed by atoms with Crippen LogP contribution in [0.15, 0.2) is 24.3 Å². The van der Waals surface area contributed by atoms with Crippen LogP contribution < -0.4 is 0 Å². The van der Waals surface area contributed by atoms with Gasteiger partial charge in [0.25, 0.3) is 0 Å². The van der Waals surface area contributed by atoms with E-state index in [0.29, 0.717) is 6.04 Å². The molecule has 82 valence electrons. The molecule has 1 aromatic rings. The second-order valence-electron chi connectivity index (χ2n) is 5.49. The van der Waals surface area contributed by atoms with Crippen LogP contribution in [-0.4, -0.2) is 17.0 Å². The fourth-order valence-corrected chi connectivity index (χ4v) is 2.69. The predicted molar refractivity (Wildman–Crippen MR) is 65.0 cm³/mol. The second-order valence-corrected chi connectivity index (χ2v) is 5.49. The van der Waals surface area contributed by atoms with Crippen molar-refractivity contribution in [1.29, 1.82) is 0 Å². The molecule has 1 heteroatoms. The Morgan fingerprint density at radius 2 is 1.87 bits per heavy atom. The topological polar surface area (TPSA) is 3.24 Å². The highest BCUT2D eigenvalue weighted by Gasteiger charge is 2.30. The highest BCUT2D eigenvalue weighted by atomic mass is 15.2. The van der Waals surface area contributed by atoms with E-state index in [2.05, 4.69) is 56.9 Å². The minimum absolute atomic E-state index is 0.271. The summed E-state index contributed by atoms with van der Waals surface area (Å²) in [6, 6.07) is 9.40. The molecule has 0 spiro atoms. The van der Waals surface area contributed by atoms with E-state index in [4.69, 9.17) is 0 Å². The Balaban J connectivity index is 2.34. The van der Waals surface area contributed by atoms with Crippen LogP contribution in [0.1, 0.15) is 44.9 Å². The lowest BCUT2D eigenvalue weighted by molar-refractivity contribution is 0.0824. The monoisotopic (exact) mass is 203 g/mol. The van der Waals surface area contributed by atoms with E-state index in [9.17, 15) is 0 Å². The number of nitrogens with zero attached hydrogens (tertiary/aromatic N) is 1. The first kappa shape index (κ1) is 10.7. The molecule has 15 heavy (non-hydrogen) atoms. The molecule has 0 saturated heterocycles. The smallest absolute Gasteiger partial charge is 0.0327 e. The molecule has 0 N–H and O–H groups in total. The van der Waals surface area contributed by atoms with Crippen LogP contribution >= 0.6 is 0 Å². The van der Waals surface area contributed by atoms with Crippen molar-refractivity contribution in [2.45, 2.75) is 45.7 Å². The molecule has 1 atom stereocenters. The zero-order valence-corrected chi connectivity index (χ0v) is 10.2. The molecule has 1 nitrogen and oxygen atoms in total. The van der Waals surface area contributed by atoms with Gasteiger partial charge < -0.3 is 0 Å². The van der Waals surface area contributed by atoms with E-state index in [1.807, 2.05) is 0 Å². The zero-order chi connectivity index (χ0) is 11.1. The summed E-state index contributed by atoms with van der Waals surface area (Å²) in [5.41, 5.74) is 3.32. The number of hydrogen-bond donors (Lipinski definition) is 0. The molecular weight excluding hydrogens is 182 g/mol. The Hall–Kier alpha value is -0.820. The third kappa shape index (κ3) is 1.93. The lowest BCUT2D eigenvalue weighted by Crippen LogP contribution is -2.46. The molecule has 0 bridgehead atoms. The van der Waals surface area contributed by atoms with Gasteiger partial charge >= 0.3 is 0 Å². The van der Waals surface area contributed by atoms with Crippen molar-refractivity contribution >= 4 is 0 Å². The maximum absolute atomic E-state index is 2.59. The largest absolute Gasteiger partial charge is 0.291 e. The number of rotatable bonds is 0. The molecule has 1 aliphatic heterocycles. The Labute approximate surface area is 93.1 Å². The van der Waals surface area contributed by atoms with Gasteiger partial charge in [-0.2, -0.15) is 0 Å². The first-order valence-electron chi connectivity index (χ1n) is 5.84. The molecular formula is C14H21N. The Morgan fingerprint density at radius 1 is 1.20 bits per heavy atom. The summed E-state index contributed by atoms with van der Waals surface area (Å²) in [6.07, 6.45) is 1.19. The summed E-state index contributed by atoms with van der Waals surface area (Å²) in [6.45, 7) is 10.4. The van der Waals surface area contributed by atoms with E-state index >= 15 is 0 Å². The summed E-state index contributed by atoms with van der Waals surface area (Å²) in [5.74, 6) is 0. The van der Waals surface area contributed by atoms with E-state index in [1.54, 1.807) is 0 Å². The fraction of sp³-hybridized carbons (Fsp3) is 0.571. The molecule has 0 unspecified atom stereocenters. The van der Waals surface area contributed by atoms with Gasteiger partial charge in [-0.15, -0.1) is 0 Å². The Kier molecular flexibility index (Phi) is 2.59. The number of hydrogen-bond acceptors (Lipinski definition) is 1. The van der Waals surface area contributed by atoms with Crippen LogP contribution in [0.25, 0.3) is 0 Å². The van der Waals surface area contributed by atoms with Crippen LogP contribution in [0.4, 0.5) is 0 Å². The summed E-state index contributed by atoms with van der Waals surface area (Å²) in [7, 11) is 0. The van der Waals surface area contributed by atoms with Crippen LogP contribution in [-0.2, 0) is 6.42 Å². The average Bonchev–Trinajstić information content (AvgIpc) is 2.16. The fourth-order valence-electron chi connectivity index (χ4n) is 2.69. The molecule has 0 fully saturated rings. The third-order valence-electron chi connectivity index (χ3n) is 3.46. The molecule has 0 saturated carbocycles. The average molecular weight is 203 g/mol. The van der Waals surface area contributed by atoms with Crippen LogP contribution in [0.5, 0.6) is 0 Å². The molecule has 1 aromatic carbocycles. The van der Waals surface area contributed by atoms with Crippen molar-refractivity contribution in [3.05, 3.63) is 35.4 Å². The molecule has 1 heterocycles. The predicted octanol–water partition coefficient (Wildman–Crippen LogP) is 3.40. The van der Waals surface area contributed by atoms with Gasteiger partial charge in [-0.3, -0.25) is 4.90 Å². The second kappa shape index (κ2) is 3.64. The van der Waals surface area contributed by atoms with Gasteiger partial charge in [-0.1, -0.05) is 24.3 Å². The van der Waals surface area contributed by atoms with E-state index in [1.165, 1.54) is 24.1 Å². The van der Waals surface area contributed by atoms with Crippen molar-refractivity contribution in [3.63, 3.8) is 0 Å². The SMILES string of the molecule is C[C@@H]1c2ccccc2CCN1C(C)(C)C. The van der Waals surface area contributed by atoms with E-state index in [0.717, 1.165) is 0 Å². The number of benzene rings is 1. The molecule has 1 aliphatic rings. The highest BCUT2D eigenvalue weighted by molar-refractivity contribution is 5.32. The minimum Gasteiger partial charge on any atom is -0.291 e. The minimum atomic E-state index is 0.271. The van der Waals surface area contributed by atoms with Crippen molar-refractivity contribution < 1.29 is 0 Å². The van der Waals surface area contributed by atoms with Gasteiger partial charge in [0.05, 0.1) is 0 Å². The lowest BCUT2D eigenvalue weighted by Gasteiger charge is -2.44. The zero-order valence-electron chi connectivity index (χ0n) is 10.2. The van der Waals surface area contributed by atoms with Gasteiger partial charge in [0.2, 0.25) is 0 Å². The van der Waals surface area contributed by atoms with Gasteiger partial charge in [-0.25, -0.2) is 0 Å². The maximum Gasteiger partial charge on any atom is 0.0327 e. The standard InChI is InChI=1S/C14H21N/c1-11-13-8-6-5-7-12(13)9-10-15(11)14(2,3)4/h5-8,11H,9-10H2,1-4H3/t11-/m1/s1. The molecule has 0 aliphatic carbocycles. The first-order valence-corrected chi connectivity index (χ1v) is 5.84. The van der Waals surface area contributed by atoms with Crippen molar-refractivity contribution in [2.75, 3.05) is 6.54 Å². The first-order chi connectivity index (χ1) is 7.00. The Morgan fingerprint density at radius 3 is 2.53 bits per heavy atom. The Bertz CT molecular complexity index is 349. The summed E-state index contributed by atoms with van der Waals surface area (Å²) in [5, 5.41) is 0. The quantitative estimate of drug-likeness (QED) is 0.624. The van der Waals surface area contributed by atoms with Crippen LogP contribution in [0.3, 0.4) is 0 Å². The van der Waals surface area contributed by atoms with Crippen molar-refractivity contribution in [1.82, 2.24) is 4.90 Å². The van der Waals surface area contributed by atoms with Crippen molar-refractivity contribution in [3.8, 4) is 0 Å². The lowest BCUT2D eigenvalue weighted by atomic mass is 9.90. The van der Waals surface area contributed by atoms with E-state index < -0.39 is 0 Å². The number of fused-ring (bicyclic) bond motifs is 1. The van der Waals surface area contributed by atoms with Crippen molar-refractivity contribution in [2.24, 2.45) is 0 Å². The summed E-state index contributed by atoms with van der Waals surface area (Å²) < 4.78 is 0. The molecule has 2 rings (SSSR count). The van der Waals surface area contributed by atoms with Gasteiger partial charge in [0.15, 0.2) is 0 Å². The van der Waals surface area contributed by atoms with Gasteiger partial charge in [0.1, 0.15) is 0 Å². The molecule has 0 amide bonds. The summed E-state index contributed by atoms with van der Waals surface area (Å²) >= 11 is 0. The van der Waals surface area contributed by atoms with Gasteiger partial charge in [-0.05, 0) is 45.2 Å². The molecule has 0 aromatic heterocycles. The maximum atomic E-state index is 2.59. The molecule has 0 radical (unpaired) electrons. The highest BCUT2D eigenvalue weighted by Crippen LogP contribution is 2.33. The van der Waals surface area contributed by atoms with Gasteiger partial charge in [0, 0.05) is 18.1 Å². The van der Waals surface area contributed by atoms with E-state index in [-0.39, 0.29) is 5.54 Å².